The van der Waals surface area contributed by atoms with Crippen molar-refractivity contribution in [3.63, 3.8) is 0 Å². The Morgan fingerprint density at radius 3 is 2.93 bits per heavy atom. The Balaban J connectivity index is 1.60. The number of rotatable bonds is 4. The van der Waals surface area contributed by atoms with Gasteiger partial charge in [0.15, 0.2) is 5.69 Å². The fourth-order valence-electron chi connectivity index (χ4n) is 3.30. The van der Waals surface area contributed by atoms with Gasteiger partial charge in [-0.2, -0.15) is 0 Å². The molecule has 1 saturated heterocycles. The van der Waals surface area contributed by atoms with Crippen molar-refractivity contribution in [3.05, 3.63) is 48.0 Å². The van der Waals surface area contributed by atoms with E-state index in [1.54, 1.807) is 36.2 Å². The predicted molar refractivity (Wildman–Crippen MR) is 111 cm³/mol. The van der Waals surface area contributed by atoms with Crippen molar-refractivity contribution in [2.45, 2.75) is 18.9 Å². The molecule has 1 unspecified atom stereocenters. The Labute approximate surface area is 166 Å². The number of nitrogens with zero attached hydrogens (tertiary/aromatic N) is 4. The molecule has 0 aromatic carbocycles. The fourth-order valence-corrected chi connectivity index (χ4v) is 3.89. The van der Waals surface area contributed by atoms with Crippen LogP contribution in [0.5, 0.6) is 0 Å². The largest absolute Gasteiger partial charge is 0.397 e. The molecule has 0 bridgehead atoms. The number of carbonyl (C=O) groups is 1. The number of nitrogens with one attached hydrogen (secondary N) is 1. The van der Waals surface area contributed by atoms with Crippen LogP contribution in [-0.4, -0.2) is 40.0 Å². The zero-order valence-electron chi connectivity index (χ0n) is 15.2. The lowest BCUT2D eigenvalue weighted by Crippen LogP contribution is -2.43. The van der Waals surface area contributed by atoms with Crippen molar-refractivity contribution in [3.8, 4) is 10.6 Å². The molecule has 144 valence electrons. The summed E-state index contributed by atoms with van der Waals surface area (Å²) in [7, 11) is 0. The van der Waals surface area contributed by atoms with Gasteiger partial charge in [-0.3, -0.25) is 14.8 Å². The molecule has 0 aliphatic carbocycles. The van der Waals surface area contributed by atoms with Gasteiger partial charge in [0.05, 0.1) is 39.3 Å². The quantitative estimate of drug-likeness (QED) is 0.619. The van der Waals surface area contributed by atoms with Gasteiger partial charge in [0.1, 0.15) is 0 Å². The second-order valence-electron chi connectivity index (χ2n) is 6.70. The summed E-state index contributed by atoms with van der Waals surface area (Å²) in [5.74, 6) is -0.376. The Kier molecular flexibility index (Phi) is 5.18. The van der Waals surface area contributed by atoms with Crippen LogP contribution in [-0.2, 0) is 0 Å². The third kappa shape index (κ3) is 3.80. The summed E-state index contributed by atoms with van der Waals surface area (Å²) < 4.78 is 0. The van der Waals surface area contributed by atoms with E-state index in [0.717, 1.165) is 36.5 Å². The molecule has 0 saturated carbocycles. The monoisotopic (exact) mass is 395 g/mol. The van der Waals surface area contributed by atoms with Crippen molar-refractivity contribution in [1.29, 1.82) is 0 Å². The Bertz CT molecular complexity index is 976. The van der Waals surface area contributed by atoms with Crippen LogP contribution in [0.2, 0.25) is 0 Å². The number of nitrogens with two attached hydrogens (primary N) is 2. The molecule has 1 atom stereocenters. The van der Waals surface area contributed by atoms with E-state index in [9.17, 15) is 4.79 Å². The maximum absolute atomic E-state index is 12.9. The second kappa shape index (κ2) is 7.91. The number of nitrogen functional groups attached to an aromatic ring is 1. The Hall–Kier alpha value is -3.04. The van der Waals surface area contributed by atoms with E-state index in [1.807, 2.05) is 6.07 Å². The maximum Gasteiger partial charge on any atom is 0.276 e. The molecular weight excluding hydrogens is 374 g/mol. The lowest BCUT2D eigenvalue weighted by atomic mass is 10.1. The van der Waals surface area contributed by atoms with E-state index < -0.39 is 0 Å². The molecule has 0 spiro atoms. The third-order valence-corrected chi connectivity index (χ3v) is 5.47. The standard InChI is InChI=1S/C19H21N7OS/c20-12-2-1-7-26(10-12)16-5-6-22-8-15(16)25-19(27)18-13(21)3-4-14(24-18)17-9-23-11-28-17/h3-6,8-9,11-12H,1-2,7,10,20-21H2,(H,25,27). The Morgan fingerprint density at radius 1 is 1.25 bits per heavy atom. The second-order valence-corrected chi connectivity index (χ2v) is 7.58. The summed E-state index contributed by atoms with van der Waals surface area (Å²) in [5.41, 5.74) is 16.5. The molecule has 8 nitrogen and oxygen atoms in total. The number of carbonyl (C=O) groups excluding carboxylic acids is 1. The van der Waals surface area contributed by atoms with Crippen molar-refractivity contribution in [1.82, 2.24) is 15.0 Å². The van der Waals surface area contributed by atoms with E-state index in [2.05, 4.69) is 25.2 Å². The van der Waals surface area contributed by atoms with Gasteiger partial charge in [-0.25, -0.2) is 4.98 Å². The summed E-state index contributed by atoms with van der Waals surface area (Å²) >= 11 is 1.45. The van der Waals surface area contributed by atoms with Gasteiger partial charge in [-0.1, -0.05) is 0 Å². The fraction of sp³-hybridized carbons (Fsp3) is 0.263. The van der Waals surface area contributed by atoms with E-state index >= 15 is 0 Å². The SMILES string of the molecule is Nc1ccc(-c2cncs2)nc1C(=O)Nc1cnccc1N1CCCC(N)C1. The van der Waals surface area contributed by atoms with Crippen LogP contribution in [0.3, 0.4) is 0 Å². The van der Waals surface area contributed by atoms with Gasteiger partial charge in [-0.05, 0) is 31.0 Å². The van der Waals surface area contributed by atoms with E-state index in [4.69, 9.17) is 11.5 Å². The topological polar surface area (TPSA) is 123 Å². The van der Waals surface area contributed by atoms with Crippen molar-refractivity contribution < 1.29 is 4.79 Å². The first-order valence-electron chi connectivity index (χ1n) is 9.03. The van der Waals surface area contributed by atoms with E-state index in [0.29, 0.717) is 17.1 Å². The van der Waals surface area contributed by atoms with Crippen LogP contribution in [0.15, 0.2) is 42.3 Å². The van der Waals surface area contributed by atoms with Crippen LogP contribution >= 0.6 is 11.3 Å². The van der Waals surface area contributed by atoms with Gasteiger partial charge in [0.25, 0.3) is 5.91 Å². The molecule has 3 aromatic rings. The maximum atomic E-state index is 12.9. The molecule has 1 aliphatic rings. The molecule has 1 fully saturated rings. The molecule has 1 amide bonds. The highest BCUT2D eigenvalue weighted by atomic mass is 32.1. The minimum absolute atomic E-state index is 0.124. The first kappa shape index (κ1) is 18.3. The molecule has 9 heteroatoms. The molecular formula is C19H21N7OS. The van der Waals surface area contributed by atoms with Gasteiger partial charge >= 0.3 is 0 Å². The number of hydrogen-bond donors (Lipinski definition) is 3. The molecule has 1 aliphatic heterocycles. The highest BCUT2D eigenvalue weighted by Crippen LogP contribution is 2.29. The van der Waals surface area contributed by atoms with Gasteiger partial charge in [-0.15, -0.1) is 11.3 Å². The number of piperidine rings is 1. The first-order chi connectivity index (χ1) is 13.6. The van der Waals surface area contributed by atoms with Crippen molar-refractivity contribution in [2.75, 3.05) is 29.0 Å². The van der Waals surface area contributed by atoms with Crippen molar-refractivity contribution in [2.24, 2.45) is 5.73 Å². The van der Waals surface area contributed by atoms with Crippen LogP contribution < -0.4 is 21.7 Å². The molecule has 5 N–H and O–H groups in total. The first-order valence-corrected chi connectivity index (χ1v) is 9.91. The number of hydrogen-bond acceptors (Lipinski definition) is 8. The van der Waals surface area contributed by atoms with Gasteiger partial charge in [0, 0.05) is 31.5 Å². The van der Waals surface area contributed by atoms with Crippen LogP contribution in [0.25, 0.3) is 10.6 Å². The van der Waals surface area contributed by atoms with Gasteiger partial charge in [0.2, 0.25) is 0 Å². The smallest absolute Gasteiger partial charge is 0.276 e. The van der Waals surface area contributed by atoms with E-state index in [-0.39, 0.29) is 17.6 Å². The summed E-state index contributed by atoms with van der Waals surface area (Å²) in [4.78, 5) is 28.6. The number of aromatic nitrogens is 3. The van der Waals surface area contributed by atoms with Gasteiger partial charge < -0.3 is 21.7 Å². The normalized spacial score (nSPS) is 16.8. The highest BCUT2D eigenvalue weighted by molar-refractivity contribution is 7.13. The van der Waals surface area contributed by atoms with Crippen molar-refractivity contribution >= 4 is 34.3 Å². The number of thiazole rings is 1. The molecule has 4 heterocycles. The summed E-state index contributed by atoms with van der Waals surface area (Å²) in [6.07, 6.45) is 7.08. The minimum atomic E-state index is -0.376. The lowest BCUT2D eigenvalue weighted by Gasteiger charge is -2.33. The van der Waals surface area contributed by atoms with Crippen LogP contribution in [0, 0.1) is 0 Å². The molecule has 4 rings (SSSR count). The zero-order valence-corrected chi connectivity index (χ0v) is 16.0. The summed E-state index contributed by atoms with van der Waals surface area (Å²) in [5, 5.41) is 2.91. The third-order valence-electron chi connectivity index (χ3n) is 4.67. The lowest BCUT2D eigenvalue weighted by molar-refractivity contribution is 0.102. The average Bonchev–Trinajstić information content (AvgIpc) is 3.23. The average molecular weight is 395 g/mol. The molecule has 28 heavy (non-hydrogen) atoms. The zero-order chi connectivity index (χ0) is 19.5. The number of amides is 1. The minimum Gasteiger partial charge on any atom is -0.397 e. The van der Waals surface area contributed by atoms with Crippen LogP contribution in [0.4, 0.5) is 17.1 Å². The molecule has 3 aromatic heterocycles. The van der Waals surface area contributed by atoms with Crippen LogP contribution in [0.1, 0.15) is 23.3 Å². The highest BCUT2D eigenvalue weighted by Gasteiger charge is 2.21. The predicted octanol–water partition coefficient (Wildman–Crippen LogP) is 2.36. The summed E-state index contributed by atoms with van der Waals surface area (Å²) in [6, 6.07) is 5.48. The number of anilines is 3. The molecule has 0 radical (unpaired) electrons. The van der Waals surface area contributed by atoms with E-state index in [1.165, 1.54) is 11.3 Å². The summed E-state index contributed by atoms with van der Waals surface area (Å²) in [6.45, 7) is 1.63. The Morgan fingerprint density at radius 2 is 2.14 bits per heavy atom. The number of pyridine rings is 2.